The molecular weight excluding hydrogens is 178 g/mol. The molecule has 1 heterocycles. The van der Waals surface area contributed by atoms with Gasteiger partial charge in [-0.25, -0.2) is 0 Å². The number of hydrogen-bond donors (Lipinski definition) is 0. The summed E-state index contributed by atoms with van der Waals surface area (Å²) in [5.74, 6) is 0.154. The molecule has 1 aliphatic rings. The van der Waals surface area contributed by atoms with Crippen LogP contribution in [0.1, 0.15) is 39.5 Å². The smallest absolute Gasteiger partial charge is 0.219 e. The van der Waals surface area contributed by atoms with Gasteiger partial charge in [0.05, 0.1) is 0 Å². The van der Waals surface area contributed by atoms with Crippen molar-refractivity contribution in [1.29, 1.82) is 0 Å². The van der Waals surface area contributed by atoms with Gasteiger partial charge in [0.15, 0.2) is 0 Å². The van der Waals surface area contributed by atoms with Gasteiger partial charge in [0.2, 0.25) is 5.91 Å². The zero-order valence-electron chi connectivity index (χ0n) is 9.08. The van der Waals surface area contributed by atoms with Crippen molar-refractivity contribution in [1.82, 2.24) is 4.90 Å². The van der Waals surface area contributed by atoms with Gasteiger partial charge in [-0.15, -0.1) is 0 Å². The zero-order chi connectivity index (χ0) is 10.6. The van der Waals surface area contributed by atoms with E-state index in [1.54, 1.807) is 6.92 Å². The van der Waals surface area contributed by atoms with E-state index >= 15 is 0 Å². The molecule has 0 saturated carbocycles. The minimum absolute atomic E-state index is 0.154. The van der Waals surface area contributed by atoms with Crippen molar-refractivity contribution >= 4 is 12.2 Å². The van der Waals surface area contributed by atoms with E-state index in [-0.39, 0.29) is 11.3 Å². The number of carbonyl (C=O) groups is 2. The first kappa shape index (κ1) is 11.2. The van der Waals surface area contributed by atoms with Crippen LogP contribution in [0.3, 0.4) is 0 Å². The summed E-state index contributed by atoms with van der Waals surface area (Å²) in [6, 6.07) is 0. The molecule has 0 aromatic heterocycles. The summed E-state index contributed by atoms with van der Waals surface area (Å²) in [6.45, 7) is 5.37. The van der Waals surface area contributed by atoms with Gasteiger partial charge in [0.1, 0.15) is 6.29 Å². The first-order valence-electron chi connectivity index (χ1n) is 5.33. The first-order chi connectivity index (χ1) is 6.63. The van der Waals surface area contributed by atoms with Gasteiger partial charge in [0, 0.05) is 26.4 Å². The second kappa shape index (κ2) is 4.58. The maximum atomic E-state index is 11.1. The molecule has 1 aliphatic heterocycles. The molecule has 80 valence electrons. The number of piperidine rings is 1. The Morgan fingerprint density at radius 1 is 1.43 bits per heavy atom. The molecule has 0 N–H and O–H groups in total. The second-order valence-corrected chi connectivity index (χ2v) is 4.23. The fourth-order valence-electron chi connectivity index (χ4n) is 2.17. The van der Waals surface area contributed by atoms with E-state index in [2.05, 4.69) is 6.92 Å². The molecule has 0 spiro atoms. The second-order valence-electron chi connectivity index (χ2n) is 4.23. The van der Waals surface area contributed by atoms with Crippen LogP contribution in [0.25, 0.3) is 0 Å². The Kier molecular flexibility index (Phi) is 3.67. The number of rotatable bonds is 3. The fourth-order valence-corrected chi connectivity index (χ4v) is 2.17. The van der Waals surface area contributed by atoms with Crippen molar-refractivity contribution in [2.75, 3.05) is 13.1 Å². The molecule has 0 aliphatic carbocycles. The van der Waals surface area contributed by atoms with Crippen LogP contribution in [0.4, 0.5) is 0 Å². The molecule has 14 heavy (non-hydrogen) atoms. The maximum absolute atomic E-state index is 11.1. The van der Waals surface area contributed by atoms with Gasteiger partial charge in [0.25, 0.3) is 0 Å². The highest BCUT2D eigenvalue weighted by atomic mass is 16.2. The third kappa shape index (κ3) is 2.34. The van der Waals surface area contributed by atoms with Gasteiger partial charge < -0.3 is 9.69 Å². The van der Waals surface area contributed by atoms with Gasteiger partial charge in [-0.1, -0.05) is 6.92 Å². The summed E-state index contributed by atoms with van der Waals surface area (Å²) >= 11 is 0. The Hall–Kier alpha value is -0.860. The molecule has 0 aromatic rings. The van der Waals surface area contributed by atoms with E-state index in [1.165, 1.54) is 0 Å². The summed E-state index contributed by atoms with van der Waals surface area (Å²) in [6.07, 6.45) is 4.66. The Bertz CT molecular complexity index is 217. The van der Waals surface area contributed by atoms with Crippen LogP contribution >= 0.6 is 0 Å². The lowest BCUT2D eigenvalue weighted by atomic mass is 9.74. The zero-order valence-corrected chi connectivity index (χ0v) is 9.08. The van der Waals surface area contributed by atoms with Crippen molar-refractivity contribution in [3.63, 3.8) is 0 Å². The summed E-state index contributed by atoms with van der Waals surface area (Å²) in [4.78, 5) is 23.6. The molecule has 3 nitrogen and oxygen atoms in total. The number of hydrogen-bond acceptors (Lipinski definition) is 2. The molecule has 0 bridgehead atoms. The molecule has 0 radical (unpaired) electrons. The average molecular weight is 197 g/mol. The Labute approximate surface area is 85.5 Å². The van der Waals surface area contributed by atoms with E-state index in [9.17, 15) is 9.59 Å². The first-order valence-corrected chi connectivity index (χ1v) is 5.33. The van der Waals surface area contributed by atoms with Crippen LogP contribution in [-0.4, -0.2) is 30.2 Å². The molecule has 3 heteroatoms. The van der Waals surface area contributed by atoms with E-state index in [1.807, 2.05) is 4.90 Å². The molecule has 1 saturated heterocycles. The predicted octanol–water partition coefficient (Wildman–Crippen LogP) is 1.61. The Balaban J connectivity index is 2.54. The summed E-state index contributed by atoms with van der Waals surface area (Å²) in [5, 5.41) is 0. The van der Waals surface area contributed by atoms with Crippen LogP contribution in [0.15, 0.2) is 0 Å². The molecule has 0 aromatic carbocycles. The minimum atomic E-state index is 0.154. The summed E-state index contributed by atoms with van der Waals surface area (Å²) < 4.78 is 0. The van der Waals surface area contributed by atoms with Gasteiger partial charge in [-0.2, -0.15) is 0 Å². The van der Waals surface area contributed by atoms with Crippen LogP contribution < -0.4 is 0 Å². The molecule has 1 fully saturated rings. The SMILES string of the molecule is CCC1(CC=O)CCN(C(C)=O)CC1. The lowest BCUT2D eigenvalue weighted by molar-refractivity contribution is -0.131. The van der Waals surface area contributed by atoms with Crippen molar-refractivity contribution in [3.05, 3.63) is 0 Å². The molecule has 0 atom stereocenters. The van der Waals surface area contributed by atoms with Crippen LogP contribution in [0.2, 0.25) is 0 Å². The van der Waals surface area contributed by atoms with E-state index in [4.69, 9.17) is 0 Å². The van der Waals surface area contributed by atoms with Crippen molar-refractivity contribution < 1.29 is 9.59 Å². The lowest BCUT2D eigenvalue weighted by Gasteiger charge is -2.40. The third-order valence-electron chi connectivity index (χ3n) is 3.54. The average Bonchev–Trinajstić information content (AvgIpc) is 2.19. The summed E-state index contributed by atoms with van der Waals surface area (Å²) in [7, 11) is 0. The van der Waals surface area contributed by atoms with E-state index in [0.717, 1.165) is 38.6 Å². The standard InChI is InChI=1S/C11H19NO2/c1-3-11(6-9-13)4-7-12(8-5-11)10(2)14/h9H,3-8H2,1-2H3. The quantitative estimate of drug-likeness (QED) is 0.645. The van der Waals surface area contributed by atoms with Crippen LogP contribution in [0.5, 0.6) is 0 Å². The highest BCUT2D eigenvalue weighted by Gasteiger charge is 2.33. The fraction of sp³-hybridized carbons (Fsp3) is 0.818. The largest absolute Gasteiger partial charge is 0.343 e. The molecular formula is C11H19NO2. The number of carbonyl (C=O) groups excluding carboxylic acids is 2. The normalized spacial score (nSPS) is 20.6. The number of aldehydes is 1. The third-order valence-corrected chi connectivity index (χ3v) is 3.54. The highest BCUT2D eigenvalue weighted by molar-refractivity contribution is 5.73. The van der Waals surface area contributed by atoms with Gasteiger partial charge in [-0.3, -0.25) is 4.79 Å². The maximum Gasteiger partial charge on any atom is 0.219 e. The van der Waals surface area contributed by atoms with Crippen molar-refractivity contribution in [2.24, 2.45) is 5.41 Å². The molecule has 0 unspecified atom stereocenters. The Morgan fingerprint density at radius 2 is 2.00 bits per heavy atom. The number of amides is 1. The lowest BCUT2D eigenvalue weighted by Crippen LogP contribution is -2.42. The number of nitrogens with zero attached hydrogens (tertiary/aromatic N) is 1. The van der Waals surface area contributed by atoms with Crippen LogP contribution in [-0.2, 0) is 9.59 Å². The van der Waals surface area contributed by atoms with E-state index in [0.29, 0.717) is 6.42 Å². The van der Waals surface area contributed by atoms with Crippen molar-refractivity contribution in [3.8, 4) is 0 Å². The monoisotopic (exact) mass is 197 g/mol. The van der Waals surface area contributed by atoms with Gasteiger partial charge in [-0.05, 0) is 24.7 Å². The Morgan fingerprint density at radius 3 is 2.36 bits per heavy atom. The predicted molar refractivity (Wildman–Crippen MR) is 54.9 cm³/mol. The summed E-state index contributed by atoms with van der Waals surface area (Å²) in [5.41, 5.74) is 0.174. The minimum Gasteiger partial charge on any atom is -0.343 e. The number of likely N-dealkylation sites (tertiary alicyclic amines) is 1. The molecule has 1 amide bonds. The van der Waals surface area contributed by atoms with Crippen LogP contribution in [0, 0.1) is 5.41 Å². The highest BCUT2D eigenvalue weighted by Crippen LogP contribution is 2.37. The van der Waals surface area contributed by atoms with Gasteiger partial charge >= 0.3 is 0 Å². The van der Waals surface area contributed by atoms with Crippen molar-refractivity contribution in [2.45, 2.75) is 39.5 Å². The van der Waals surface area contributed by atoms with E-state index < -0.39 is 0 Å². The molecule has 1 rings (SSSR count). The topological polar surface area (TPSA) is 37.4 Å².